The van der Waals surface area contributed by atoms with Crippen molar-refractivity contribution in [1.82, 2.24) is 15.3 Å². The van der Waals surface area contributed by atoms with Gasteiger partial charge in [0.25, 0.3) is 0 Å². The molecule has 1 aliphatic heterocycles. The van der Waals surface area contributed by atoms with Crippen molar-refractivity contribution >= 4 is 12.2 Å². The third-order valence-electron chi connectivity index (χ3n) is 4.33. The fourth-order valence-electron chi connectivity index (χ4n) is 3.11. The maximum atomic E-state index is 12.3. The van der Waals surface area contributed by atoms with Gasteiger partial charge < -0.3 is 19.9 Å². The zero-order valence-corrected chi connectivity index (χ0v) is 16.1. The topological polar surface area (TPSA) is 91.3 Å². The van der Waals surface area contributed by atoms with E-state index >= 15 is 0 Å². The number of benzene rings is 1. The van der Waals surface area contributed by atoms with E-state index in [1.165, 1.54) is 10.6 Å². The Morgan fingerprint density at radius 3 is 2.22 bits per heavy atom. The molecule has 2 amide bonds. The molecular weight excluding hydrogens is 350 g/mol. The Labute approximate surface area is 160 Å². The van der Waals surface area contributed by atoms with Crippen LogP contribution < -0.4 is 5.32 Å². The molecule has 0 aromatic heterocycles. The number of nitrogens with zero attached hydrogens (tertiary/aromatic N) is 2. The first-order chi connectivity index (χ1) is 13.0. The Morgan fingerprint density at radius 2 is 1.67 bits per heavy atom. The lowest BCUT2D eigenvalue weighted by molar-refractivity contribution is -0.0846. The number of rotatable bonds is 6. The van der Waals surface area contributed by atoms with Crippen molar-refractivity contribution in [3.05, 3.63) is 35.9 Å². The van der Waals surface area contributed by atoms with Crippen LogP contribution in [0, 0.1) is 0 Å². The highest BCUT2D eigenvalue weighted by molar-refractivity contribution is 5.74. The van der Waals surface area contributed by atoms with Crippen molar-refractivity contribution < 1.29 is 24.2 Å². The summed E-state index contributed by atoms with van der Waals surface area (Å²) >= 11 is 0. The van der Waals surface area contributed by atoms with Crippen LogP contribution in [-0.4, -0.2) is 71.8 Å². The number of nitrogens with one attached hydrogen (secondary N) is 1. The lowest BCUT2D eigenvalue weighted by Crippen LogP contribution is -2.66. The summed E-state index contributed by atoms with van der Waals surface area (Å²) in [5.41, 5.74) is 1.18. The minimum absolute atomic E-state index is 0.0482. The molecule has 0 saturated carbocycles. The average molecular weight is 379 g/mol. The number of ether oxygens (including phenoxy) is 2. The number of hydrogen-bond acceptors (Lipinski definition) is 6. The molecule has 2 rings (SSSR count). The highest BCUT2D eigenvalue weighted by Gasteiger charge is 2.40. The summed E-state index contributed by atoms with van der Waals surface area (Å²) in [6.07, 6.45) is -1.37. The Hall–Kier alpha value is -2.32. The summed E-state index contributed by atoms with van der Waals surface area (Å²) in [5.74, 6) is 0. The Balaban J connectivity index is 2.05. The molecule has 8 nitrogen and oxygen atoms in total. The molecule has 3 atom stereocenters. The number of amides is 2. The van der Waals surface area contributed by atoms with E-state index in [1.54, 1.807) is 13.8 Å². The van der Waals surface area contributed by atoms with Gasteiger partial charge in [-0.05, 0) is 32.8 Å². The lowest BCUT2D eigenvalue weighted by Gasteiger charge is -2.43. The molecule has 0 radical (unpaired) electrons. The highest BCUT2D eigenvalue weighted by atomic mass is 16.6. The first kappa shape index (κ1) is 21.0. The van der Waals surface area contributed by atoms with E-state index in [0.717, 1.165) is 11.4 Å². The van der Waals surface area contributed by atoms with Gasteiger partial charge in [0.2, 0.25) is 0 Å². The predicted octanol–water partition coefficient (Wildman–Crippen LogP) is 1.78. The summed E-state index contributed by atoms with van der Waals surface area (Å²) < 4.78 is 10.0. The normalized spacial score (nSPS) is 20.9. The third kappa shape index (κ3) is 5.83. The first-order valence-corrected chi connectivity index (χ1v) is 9.32. The fraction of sp³-hybridized carbons (Fsp3) is 0.579. The highest BCUT2D eigenvalue weighted by Crippen LogP contribution is 2.16. The molecule has 1 heterocycles. The SMILES string of the molecule is CCOC(=O)N1C[C@H](O)[C@H](N[C@@H](C)Cc2ccccc2)CN1C(=O)OCC. The average Bonchev–Trinajstić information content (AvgIpc) is 2.64. The summed E-state index contributed by atoms with van der Waals surface area (Å²) in [6, 6.07) is 9.71. The summed E-state index contributed by atoms with van der Waals surface area (Å²) in [4.78, 5) is 24.4. The van der Waals surface area contributed by atoms with Gasteiger partial charge in [0.1, 0.15) is 0 Å². The number of aliphatic hydroxyl groups excluding tert-OH is 1. The number of hydrazine groups is 1. The fourth-order valence-corrected chi connectivity index (χ4v) is 3.11. The van der Waals surface area contributed by atoms with Gasteiger partial charge in [0.05, 0.1) is 38.4 Å². The molecule has 0 aliphatic carbocycles. The van der Waals surface area contributed by atoms with E-state index in [-0.39, 0.29) is 32.3 Å². The summed E-state index contributed by atoms with van der Waals surface area (Å²) in [6.45, 7) is 5.83. The Bertz CT molecular complexity index is 613. The van der Waals surface area contributed by atoms with Crippen LogP contribution in [0.25, 0.3) is 0 Å². The number of carbonyl (C=O) groups is 2. The van der Waals surface area contributed by atoms with Crippen molar-refractivity contribution in [2.45, 2.75) is 45.4 Å². The molecule has 2 N–H and O–H groups in total. The quantitative estimate of drug-likeness (QED) is 0.783. The van der Waals surface area contributed by atoms with Crippen molar-refractivity contribution in [2.24, 2.45) is 0 Å². The third-order valence-corrected chi connectivity index (χ3v) is 4.33. The maximum Gasteiger partial charge on any atom is 0.429 e. The van der Waals surface area contributed by atoms with Gasteiger partial charge >= 0.3 is 12.2 Å². The molecule has 0 spiro atoms. The van der Waals surface area contributed by atoms with Crippen molar-refractivity contribution in [1.29, 1.82) is 0 Å². The largest absolute Gasteiger partial charge is 0.448 e. The minimum atomic E-state index is -0.835. The second-order valence-corrected chi connectivity index (χ2v) is 6.49. The Morgan fingerprint density at radius 1 is 1.11 bits per heavy atom. The predicted molar refractivity (Wildman–Crippen MR) is 100.0 cm³/mol. The van der Waals surface area contributed by atoms with Crippen LogP contribution in [0.3, 0.4) is 0 Å². The first-order valence-electron chi connectivity index (χ1n) is 9.32. The van der Waals surface area contributed by atoms with Gasteiger partial charge in [-0.3, -0.25) is 0 Å². The molecular formula is C19H29N3O5. The number of hydrogen-bond donors (Lipinski definition) is 2. The van der Waals surface area contributed by atoms with E-state index in [1.807, 2.05) is 37.3 Å². The van der Waals surface area contributed by atoms with Crippen LogP contribution in [0.15, 0.2) is 30.3 Å². The second-order valence-electron chi connectivity index (χ2n) is 6.49. The monoisotopic (exact) mass is 379 g/mol. The van der Waals surface area contributed by atoms with E-state index in [4.69, 9.17) is 9.47 Å². The van der Waals surface area contributed by atoms with Crippen molar-refractivity contribution in [2.75, 3.05) is 26.3 Å². The zero-order chi connectivity index (χ0) is 19.8. The molecule has 27 heavy (non-hydrogen) atoms. The lowest BCUT2D eigenvalue weighted by atomic mass is 10.0. The van der Waals surface area contributed by atoms with Crippen LogP contribution in [0.5, 0.6) is 0 Å². The number of aliphatic hydroxyl groups is 1. The van der Waals surface area contributed by atoms with Crippen LogP contribution in [0.4, 0.5) is 9.59 Å². The van der Waals surface area contributed by atoms with E-state index in [0.29, 0.717) is 0 Å². The molecule has 1 aromatic carbocycles. The van der Waals surface area contributed by atoms with Gasteiger partial charge in [-0.25, -0.2) is 19.6 Å². The summed E-state index contributed by atoms with van der Waals surface area (Å²) in [5, 5.41) is 16.2. The summed E-state index contributed by atoms with van der Waals surface area (Å²) in [7, 11) is 0. The number of carbonyl (C=O) groups excluding carboxylic acids is 2. The van der Waals surface area contributed by atoms with E-state index in [9.17, 15) is 14.7 Å². The minimum Gasteiger partial charge on any atom is -0.448 e. The van der Waals surface area contributed by atoms with Crippen LogP contribution >= 0.6 is 0 Å². The van der Waals surface area contributed by atoms with Gasteiger partial charge in [-0.2, -0.15) is 0 Å². The van der Waals surface area contributed by atoms with Gasteiger partial charge in [0.15, 0.2) is 0 Å². The molecule has 8 heteroatoms. The molecule has 1 aliphatic rings. The van der Waals surface area contributed by atoms with Crippen LogP contribution in [0.1, 0.15) is 26.3 Å². The van der Waals surface area contributed by atoms with Gasteiger partial charge in [-0.1, -0.05) is 30.3 Å². The zero-order valence-electron chi connectivity index (χ0n) is 16.1. The van der Waals surface area contributed by atoms with E-state index in [2.05, 4.69) is 5.32 Å². The number of β-amino-alcohol motifs (C(OH)–C–C–N with tert-alkyl or cyclic N) is 1. The second kappa shape index (κ2) is 10.1. The maximum absolute atomic E-state index is 12.3. The molecule has 150 valence electrons. The smallest absolute Gasteiger partial charge is 0.429 e. The van der Waals surface area contributed by atoms with Crippen LogP contribution in [-0.2, 0) is 15.9 Å². The molecule has 1 saturated heterocycles. The Kier molecular flexibility index (Phi) is 7.87. The molecule has 0 bridgehead atoms. The van der Waals surface area contributed by atoms with E-state index < -0.39 is 24.3 Å². The van der Waals surface area contributed by atoms with Crippen molar-refractivity contribution in [3.8, 4) is 0 Å². The van der Waals surface area contributed by atoms with Crippen LogP contribution in [0.2, 0.25) is 0 Å². The molecule has 1 fully saturated rings. The van der Waals surface area contributed by atoms with Gasteiger partial charge in [-0.15, -0.1) is 0 Å². The molecule has 1 aromatic rings. The van der Waals surface area contributed by atoms with Crippen molar-refractivity contribution in [3.63, 3.8) is 0 Å². The standard InChI is InChI=1S/C19H29N3O5/c1-4-26-18(24)21-12-16(17(23)13-22(21)19(25)27-5-2)20-14(3)11-15-9-7-6-8-10-15/h6-10,14,16-17,20,23H,4-5,11-13H2,1-3H3/t14-,16+,17-/m0/s1. The molecule has 0 unspecified atom stereocenters. The van der Waals surface area contributed by atoms with Gasteiger partial charge in [0, 0.05) is 6.04 Å².